The van der Waals surface area contributed by atoms with Gasteiger partial charge in [0, 0.05) is 19.4 Å². The number of ether oxygens (including phenoxy) is 2. The van der Waals surface area contributed by atoms with Crippen LogP contribution >= 0.6 is 7.82 Å². The third kappa shape index (κ3) is 57.8. The molecule has 0 aliphatic heterocycles. The number of esters is 2. The molecule has 10 heteroatoms. The molecule has 2 atom stereocenters. The van der Waals surface area contributed by atoms with E-state index in [9.17, 15) is 19.0 Å². The molecule has 2 unspecified atom stereocenters. The van der Waals surface area contributed by atoms with Crippen LogP contribution in [0.25, 0.3) is 0 Å². The molecule has 9 nitrogen and oxygen atoms in total. The molecule has 0 fully saturated rings. The summed E-state index contributed by atoms with van der Waals surface area (Å²) in [5, 5.41) is 0. The molecule has 0 rings (SSSR count). The molecule has 0 heterocycles. The monoisotopic (exact) mass is 1040 g/mol. The van der Waals surface area contributed by atoms with E-state index in [1.807, 2.05) is 0 Å². The molecule has 0 aromatic carbocycles. The van der Waals surface area contributed by atoms with Crippen LogP contribution in [0.2, 0.25) is 0 Å². The zero-order valence-corrected chi connectivity index (χ0v) is 47.5. The van der Waals surface area contributed by atoms with E-state index in [2.05, 4.69) is 123 Å². The lowest BCUT2D eigenvalue weighted by molar-refractivity contribution is -0.161. The largest absolute Gasteiger partial charge is 0.472 e. The number of phosphoric ester groups is 1. The molecular formula is C63H108NO8P. The fourth-order valence-electron chi connectivity index (χ4n) is 7.89. The zero-order valence-electron chi connectivity index (χ0n) is 46.6. The highest BCUT2D eigenvalue weighted by atomic mass is 31.2. The summed E-state index contributed by atoms with van der Waals surface area (Å²) in [4.78, 5) is 35.2. The molecule has 0 aliphatic carbocycles. The molecule has 0 amide bonds. The number of nitrogens with two attached hydrogens (primary N) is 1. The summed E-state index contributed by atoms with van der Waals surface area (Å²) in [6.45, 7) is 3.52. The van der Waals surface area contributed by atoms with E-state index in [-0.39, 0.29) is 38.6 Å². The first-order valence-electron chi connectivity index (χ1n) is 29.4. The Bertz CT molecular complexity index is 1560. The summed E-state index contributed by atoms with van der Waals surface area (Å²) in [5.41, 5.74) is 5.38. The van der Waals surface area contributed by atoms with E-state index in [0.29, 0.717) is 6.42 Å². The number of unbranched alkanes of at least 4 members (excludes halogenated alkanes) is 23. The molecule has 418 valence electrons. The lowest BCUT2D eigenvalue weighted by atomic mass is 10.0. The lowest BCUT2D eigenvalue weighted by Crippen LogP contribution is -2.29. The van der Waals surface area contributed by atoms with Crippen molar-refractivity contribution in [2.45, 2.75) is 251 Å². The van der Waals surface area contributed by atoms with E-state index in [1.165, 1.54) is 109 Å². The Hall–Kier alpha value is -3.33. The number of hydrogen-bond acceptors (Lipinski definition) is 8. The average Bonchev–Trinajstić information content (AvgIpc) is 3.38. The summed E-state index contributed by atoms with van der Waals surface area (Å²) >= 11 is 0. The quantitative estimate of drug-likeness (QED) is 0.0264. The van der Waals surface area contributed by atoms with Gasteiger partial charge >= 0.3 is 19.8 Å². The van der Waals surface area contributed by atoms with Gasteiger partial charge in [-0.05, 0) is 96.3 Å². The van der Waals surface area contributed by atoms with Crippen LogP contribution in [-0.2, 0) is 32.7 Å². The standard InChI is InChI=1S/C63H108NO8P/c1-3-5-7-9-11-13-15-17-19-21-23-25-27-29-30-32-34-36-38-40-42-44-46-48-50-52-54-56-63(66)72-61(60-71-73(67,68)70-58-57-64)59-69-62(65)55-53-51-49-47-45-43-41-39-37-35-33-31-28-26-24-22-20-18-16-14-12-10-8-6-4-2/h5-8,11-14,17-20,23-26,29-30,61H,3-4,9-10,15-16,21-22,27-28,31-60,64H2,1-2H3,(H,67,68)/b7-5-,8-6-,13-11-,14-12-,19-17-,20-18-,25-23-,26-24-,30-29-. The Kier molecular flexibility index (Phi) is 55.3. The minimum absolute atomic E-state index is 0.0480. The van der Waals surface area contributed by atoms with Gasteiger partial charge in [0.2, 0.25) is 0 Å². The zero-order chi connectivity index (χ0) is 53.1. The van der Waals surface area contributed by atoms with Gasteiger partial charge in [-0.3, -0.25) is 18.6 Å². The van der Waals surface area contributed by atoms with Crippen molar-refractivity contribution in [3.05, 3.63) is 109 Å². The maximum absolute atomic E-state index is 12.7. The predicted octanol–water partition coefficient (Wildman–Crippen LogP) is 18.6. The van der Waals surface area contributed by atoms with Crippen LogP contribution in [0.1, 0.15) is 245 Å². The van der Waals surface area contributed by atoms with Crippen molar-refractivity contribution in [1.82, 2.24) is 0 Å². The summed E-state index contributed by atoms with van der Waals surface area (Å²) in [7, 11) is -4.40. The molecule has 0 saturated carbocycles. The second-order valence-electron chi connectivity index (χ2n) is 19.1. The highest BCUT2D eigenvalue weighted by molar-refractivity contribution is 7.47. The van der Waals surface area contributed by atoms with Crippen molar-refractivity contribution in [2.75, 3.05) is 26.4 Å². The number of phosphoric acid groups is 1. The fraction of sp³-hybridized carbons (Fsp3) is 0.683. The van der Waals surface area contributed by atoms with Crippen molar-refractivity contribution in [2.24, 2.45) is 5.73 Å². The first-order valence-corrected chi connectivity index (χ1v) is 30.9. The summed E-state index contributed by atoms with van der Waals surface area (Å²) in [6, 6.07) is 0. The van der Waals surface area contributed by atoms with E-state index < -0.39 is 26.5 Å². The minimum atomic E-state index is -4.40. The van der Waals surface area contributed by atoms with E-state index in [4.69, 9.17) is 24.3 Å². The van der Waals surface area contributed by atoms with Gasteiger partial charge in [-0.2, -0.15) is 0 Å². The normalized spacial score (nSPS) is 13.9. The average molecular weight is 1040 g/mol. The van der Waals surface area contributed by atoms with Crippen molar-refractivity contribution in [3.63, 3.8) is 0 Å². The number of carbonyl (C=O) groups excluding carboxylic acids is 2. The molecular weight excluding hydrogens is 930 g/mol. The first kappa shape index (κ1) is 69.7. The van der Waals surface area contributed by atoms with Crippen LogP contribution in [0.5, 0.6) is 0 Å². The Balaban J connectivity index is 4.00. The second kappa shape index (κ2) is 57.9. The van der Waals surface area contributed by atoms with Gasteiger partial charge in [0.1, 0.15) is 6.61 Å². The lowest BCUT2D eigenvalue weighted by Gasteiger charge is -2.19. The van der Waals surface area contributed by atoms with Crippen molar-refractivity contribution < 1.29 is 37.6 Å². The Labute approximate surface area is 448 Å². The van der Waals surface area contributed by atoms with Crippen LogP contribution in [-0.4, -0.2) is 49.3 Å². The molecule has 0 radical (unpaired) electrons. The van der Waals surface area contributed by atoms with Crippen molar-refractivity contribution in [1.29, 1.82) is 0 Å². The van der Waals surface area contributed by atoms with Crippen molar-refractivity contribution >= 4 is 19.8 Å². The summed E-state index contributed by atoms with van der Waals surface area (Å²) in [6.07, 6.45) is 78.5. The van der Waals surface area contributed by atoms with Gasteiger partial charge in [-0.15, -0.1) is 0 Å². The highest BCUT2D eigenvalue weighted by Crippen LogP contribution is 2.43. The Morgan fingerprint density at radius 1 is 0.411 bits per heavy atom. The Morgan fingerprint density at radius 2 is 0.712 bits per heavy atom. The molecule has 0 aliphatic rings. The number of carbonyl (C=O) groups is 2. The second-order valence-corrected chi connectivity index (χ2v) is 20.6. The van der Waals surface area contributed by atoms with Gasteiger partial charge in [0.05, 0.1) is 13.2 Å². The molecule has 0 saturated heterocycles. The number of hydrogen-bond donors (Lipinski definition) is 2. The molecule has 0 aromatic rings. The smallest absolute Gasteiger partial charge is 0.462 e. The first-order chi connectivity index (χ1) is 35.8. The molecule has 0 bridgehead atoms. The summed E-state index contributed by atoms with van der Waals surface area (Å²) in [5.74, 6) is -0.835. The SMILES string of the molecule is CC/C=C\C/C=C\C/C=C\C/C=C\C/C=C\CCCCCCCCCCCCCC(=O)OC(COC(=O)CCCCCCCCCCCCCC/C=C\C/C=C\C/C=C\C/C=C\CC)COP(=O)(O)OCCN. The van der Waals surface area contributed by atoms with Crippen LogP contribution in [0.15, 0.2) is 109 Å². The Morgan fingerprint density at radius 3 is 1.05 bits per heavy atom. The molecule has 0 spiro atoms. The van der Waals surface area contributed by atoms with Crippen molar-refractivity contribution in [3.8, 4) is 0 Å². The van der Waals surface area contributed by atoms with Gasteiger partial charge in [-0.25, -0.2) is 4.57 Å². The number of rotatable bonds is 54. The van der Waals surface area contributed by atoms with Crippen LogP contribution < -0.4 is 5.73 Å². The summed E-state index contributed by atoms with van der Waals surface area (Å²) < 4.78 is 33.1. The van der Waals surface area contributed by atoms with E-state index in [1.54, 1.807) is 0 Å². The minimum Gasteiger partial charge on any atom is -0.462 e. The van der Waals surface area contributed by atoms with Crippen LogP contribution in [0.3, 0.4) is 0 Å². The third-order valence-electron chi connectivity index (χ3n) is 12.2. The van der Waals surface area contributed by atoms with E-state index in [0.717, 1.165) is 103 Å². The number of allylic oxidation sites excluding steroid dienone is 18. The van der Waals surface area contributed by atoms with Gasteiger partial charge in [0.25, 0.3) is 0 Å². The topological polar surface area (TPSA) is 134 Å². The third-order valence-corrected chi connectivity index (χ3v) is 13.1. The predicted molar refractivity (Wildman–Crippen MR) is 311 cm³/mol. The fourth-order valence-corrected chi connectivity index (χ4v) is 8.65. The molecule has 3 N–H and O–H groups in total. The van der Waals surface area contributed by atoms with E-state index >= 15 is 0 Å². The van der Waals surface area contributed by atoms with Crippen LogP contribution in [0, 0.1) is 0 Å². The van der Waals surface area contributed by atoms with Gasteiger partial charge < -0.3 is 20.1 Å². The maximum Gasteiger partial charge on any atom is 0.472 e. The van der Waals surface area contributed by atoms with Gasteiger partial charge in [0.15, 0.2) is 6.10 Å². The molecule has 73 heavy (non-hydrogen) atoms. The maximum atomic E-state index is 12.7. The van der Waals surface area contributed by atoms with Crippen LogP contribution in [0.4, 0.5) is 0 Å². The molecule has 0 aromatic heterocycles. The highest BCUT2D eigenvalue weighted by Gasteiger charge is 2.26. The van der Waals surface area contributed by atoms with Gasteiger partial charge in [-0.1, -0.05) is 245 Å².